The minimum absolute atomic E-state index is 0.213. The largest absolute Gasteiger partial charge is 0.494 e. The van der Waals surface area contributed by atoms with E-state index < -0.39 is 0 Å². The van der Waals surface area contributed by atoms with Crippen molar-refractivity contribution in [2.45, 2.75) is 26.2 Å². The SMILES string of the molecule is CCOc1ccccc1C(CC)C(=O)OC. The summed E-state index contributed by atoms with van der Waals surface area (Å²) in [5.74, 6) is 0.310. The molecule has 0 radical (unpaired) electrons. The third-order valence-corrected chi connectivity index (χ3v) is 2.49. The molecule has 0 aliphatic heterocycles. The number of para-hydroxylation sites is 1. The van der Waals surface area contributed by atoms with Crippen LogP contribution in [0.3, 0.4) is 0 Å². The number of hydrogen-bond donors (Lipinski definition) is 0. The molecule has 1 rings (SSSR count). The Balaban J connectivity index is 3.03. The maximum atomic E-state index is 11.6. The van der Waals surface area contributed by atoms with E-state index in [1.54, 1.807) is 0 Å². The monoisotopic (exact) mass is 222 g/mol. The van der Waals surface area contributed by atoms with Crippen molar-refractivity contribution in [3.05, 3.63) is 29.8 Å². The molecule has 0 amide bonds. The smallest absolute Gasteiger partial charge is 0.313 e. The molecule has 1 atom stereocenters. The van der Waals surface area contributed by atoms with Gasteiger partial charge >= 0.3 is 5.97 Å². The van der Waals surface area contributed by atoms with Crippen LogP contribution in [0.5, 0.6) is 5.75 Å². The molecule has 0 aromatic heterocycles. The molecule has 0 aliphatic carbocycles. The molecule has 0 bridgehead atoms. The Kier molecular flexibility index (Phi) is 4.83. The molecule has 3 nitrogen and oxygen atoms in total. The molecule has 0 heterocycles. The zero-order chi connectivity index (χ0) is 12.0. The molecule has 0 N–H and O–H groups in total. The summed E-state index contributed by atoms with van der Waals surface area (Å²) in [6.07, 6.45) is 0.705. The number of carbonyl (C=O) groups is 1. The van der Waals surface area contributed by atoms with Gasteiger partial charge in [0.25, 0.3) is 0 Å². The fourth-order valence-electron chi connectivity index (χ4n) is 1.71. The number of benzene rings is 1. The number of hydrogen-bond acceptors (Lipinski definition) is 3. The summed E-state index contributed by atoms with van der Waals surface area (Å²) in [5.41, 5.74) is 0.902. The van der Waals surface area contributed by atoms with E-state index in [-0.39, 0.29) is 11.9 Å². The highest BCUT2D eigenvalue weighted by Crippen LogP contribution is 2.29. The molecule has 0 fully saturated rings. The second-order valence-corrected chi connectivity index (χ2v) is 3.45. The fraction of sp³-hybridized carbons (Fsp3) is 0.462. The number of rotatable bonds is 5. The van der Waals surface area contributed by atoms with E-state index in [0.29, 0.717) is 13.0 Å². The molecular formula is C13H18O3. The molecular weight excluding hydrogens is 204 g/mol. The van der Waals surface area contributed by atoms with Crippen LogP contribution in [0.2, 0.25) is 0 Å². The fourth-order valence-corrected chi connectivity index (χ4v) is 1.71. The van der Waals surface area contributed by atoms with Gasteiger partial charge in [-0.15, -0.1) is 0 Å². The van der Waals surface area contributed by atoms with Crippen molar-refractivity contribution >= 4 is 5.97 Å². The van der Waals surface area contributed by atoms with Gasteiger partial charge in [-0.3, -0.25) is 4.79 Å². The topological polar surface area (TPSA) is 35.5 Å². The highest BCUT2D eigenvalue weighted by molar-refractivity contribution is 5.79. The first-order chi connectivity index (χ1) is 7.74. The maximum Gasteiger partial charge on any atom is 0.313 e. The van der Waals surface area contributed by atoms with Crippen LogP contribution in [0.25, 0.3) is 0 Å². The lowest BCUT2D eigenvalue weighted by Gasteiger charge is -2.16. The van der Waals surface area contributed by atoms with Gasteiger partial charge in [-0.2, -0.15) is 0 Å². The average molecular weight is 222 g/mol. The average Bonchev–Trinajstić information content (AvgIpc) is 2.32. The normalized spacial score (nSPS) is 11.9. The number of ether oxygens (including phenoxy) is 2. The Morgan fingerprint density at radius 3 is 2.56 bits per heavy atom. The summed E-state index contributed by atoms with van der Waals surface area (Å²) in [6.45, 7) is 4.48. The van der Waals surface area contributed by atoms with E-state index in [4.69, 9.17) is 9.47 Å². The van der Waals surface area contributed by atoms with E-state index in [1.807, 2.05) is 38.1 Å². The standard InChI is InChI=1S/C13H18O3/c1-4-10(13(14)15-3)11-8-6-7-9-12(11)16-5-2/h6-10H,4-5H2,1-3H3. The molecule has 0 aliphatic rings. The predicted octanol–water partition coefficient (Wildman–Crippen LogP) is 2.75. The highest BCUT2D eigenvalue weighted by atomic mass is 16.5. The van der Waals surface area contributed by atoms with Gasteiger partial charge in [0, 0.05) is 5.56 Å². The minimum Gasteiger partial charge on any atom is -0.494 e. The van der Waals surface area contributed by atoms with Crippen molar-refractivity contribution in [1.29, 1.82) is 0 Å². The highest BCUT2D eigenvalue weighted by Gasteiger charge is 2.22. The van der Waals surface area contributed by atoms with E-state index >= 15 is 0 Å². The third-order valence-electron chi connectivity index (χ3n) is 2.49. The van der Waals surface area contributed by atoms with Gasteiger partial charge < -0.3 is 9.47 Å². The van der Waals surface area contributed by atoms with E-state index in [0.717, 1.165) is 11.3 Å². The second-order valence-electron chi connectivity index (χ2n) is 3.45. The molecule has 0 saturated heterocycles. The first kappa shape index (κ1) is 12.6. The Morgan fingerprint density at radius 1 is 1.31 bits per heavy atom. The summed E-state index contributed by atoms with van der Waals surface area (Å²) in [5, 5.41) is 0. The van der Waals surface area contributed by atoms with Gasteiger partial charge in [0.05, 0.1) is 19.6 Å². The zero-order valence-corrected chi connectivity index (χ0v) is 10.0. The Labute approximate surface area is 96.4 Å². The molecule has 1 unspecified atom stereocenters. The summed E-state index contributed by atoms with van der Waals surface area (Å²) in [4.78, 5) is 11.6. The van der Waals surface area contributed by atoms with Crippen LogP contribution in [0.15, 0.2) is 24.3 Å². The van der Waals surface area contributed by atoms with Crippen LogP contribution in [-0.4, -0.2) is 19.7 Å². The van der Waals surface area contributed by atoms with Crippen molar-refractivity contribution in [2.75, 3.05) is 13.7 Å². The molecule has 0 saturated carbocycles. The van der Waals surface area contributed by atoms with Crippen LogP contribution in [0.1, 0.15) is 31.7 Å². The van der Waals surface area contributed by atoms with Crippen LogP contribution in [0, 0.1) is 0 Å². The molecule has 88 valence electrons. The predicted molar refractivity (Wildman–Crippen MR) is 62.7 cm³/mol. The van der Waals surface area contributed by atoms with Crippen LogP contribution in [0.4, 0.5) is 0 Å². The first-order valence-electron chi connectivity index (χ1n) is 5.54. The Morgan fingerprint density at radius 2 is 2.00 bits per heavy atom. The van der Waals surface area contributed by atoms with E-state index in [2.05, 4.69) is 0 Å². The summed E-state index contributed by atoms with van der Waals surface area (Å²) >= 11 is 0. The number of carbonyl (C=O) groups excluding carboxylic acids is 1. The molecule has 3 heteroatoms. The second kappa shape index (κ2) is 6.16. The van der Waals surface area contributed by atoms with Crippen molar-refractivity contribution in [2.24, 2.45) is 0 Å². The van der Waals surface area contributed by atoms with E-state index in [9.17, 15) is 4.79 Å². The van der Waals surface area contributed by atoms with Crippen molar-refractivity contribution in [1.82, 2.24) is 0 Å². The Bertz CT molecular complexity index is 347. The van der Waals surface area contributed by atoms with Gasteiger partial charge in [0.15, 0.2) is 0 Å². The lowest BCUT2D eigenvalue weighted by molar-refractivity contribution is -0.142. The van der Waals surface area contributed by atoms with Crippen LogP contribution in [-0.2, 0) is 9.53 Å². The summed E-state index contributed by atoms with van der Waals surface area (Å²) in [7, 11) is 1.41. The zero-order valence-electron chi connectivity index (χ0n) is 10.0. The maximum absolute atomic E-state index is 11.6. The third kappa shape index (κ3) is 2.75. The van der Waals surface area contributed by atoms with E-state index in [1.165, 1.54) is 7.11 Å². The van der Waals surface area contributed by atoms with Crippen molar-refractivity contribution in [3.63, 3.8) is 0 Å². The molecule has 1 aromatic rings. The van der Waals surface area contributed by atoms with Gasteiger partial charge in [-0.05, 0) is 19.4 Å². The van der Waals surface area contributed by atoms with Crippen LogP contribution >= 0.6 is 0 Å². The molecule has 1 aromatic carbocycles. The summed E-state index contributed by atoms with van der Waals surface area (Å²) in [6, 6.07) is 7.60. The Hall–Kier alpha value is -1.51. The van der Waals surface area contributed by atoms with Gasteiger partial charge in [-0.1, -0.05) is 25.1 Å². The summed E-state index contributed by atoms with van der Waals surface area (Å²) < 4.78 is 10.3. The number of methoxy groups -OCH3 is 1. The lowest BCUT2D eigenvalue weighted by atomic mass is 9.96. The van der Waals surface area contributed by atoms with Gasteiger partial charge in [-0.25, -0.2) is 0 Å². The van der Waals surface area contributed by atoms with Crippen LogP contribution < -0.4 is 4.74 Å². The molecule has 0 spiro atoms. The van der Waals surface area contributed by atoms with Crippen molar-refractivity contribution < 1.29 is 14.3 Å². The van der Waals surface area contributed by atoms with Crippen molar-refractivity contribution in [3.8, 4) is 5.75 Å². The number of esters is 1. The lowest BCUT2D eigenvalue weighted by Crippen LogP contribution is -2.14. The van der Waals surface area contributed by atoms with Gasteiger partial charge in [0.2, 0.25) is 0 Å². The minimum atomic E-state index is -0.243. The van der Waals surface area contributed by atoms with Gasteiger partial charge in [0.1, 0.15) is 5.75 Å². The molecule has 16 heavy (non-hydrogen) atoms. The first-order valence-corrected chi connectivity index (χ1v) is 5.54. The quantitative estimate of drug-likeness (QED) is 0.719.